The summed E-state index contributed by atoms with van der Waals surface area (Å²) in [6.45, 7) is 0.940. The lowest BCUT2D eigenvalue weighted by molar-refractivity contribution is 0.826. The van der Waals surface area contributed by atoms with Gasteiger partial charge in [0, 0.05) is 33.7 Å². The summed E-state index contributed by atoms with van der Waals surface area (Å²) < 4.78 is 1.05. The molecule has 0 atom stereocenters. The highest BCUT2D eigenvalue weighted by molar-refractivity contribution is 9.10. The maximum Gasteiger partial charge on any atom is 0.154 e. The minimum absolute atomic E-state index is 0.603. The van der Waals surface area contributed by atoms with Crippen molar-refractivity contribution in [2.45, 2.75) is 19.3 Å². The molecule has 1 saturated carbocycles. The zero-order valence-corrected chi connectivity index (χ0v) is 16.0. The summed E-state index contributed by atoms with van der Waals surface area (Å²) in [6, 6.07) is 14.2. The molecule has 2 aromatic carbocycles. The quantitative estimate of drug-likeness (QED) is 0.586. The van der Waals surface area contributed by atoms with Crippen LogP contribution in [0.25, 0.3) is 0 Å². The van der Waals surface area contributed by atoms with Gasteiger partial charge in [-0.2, -0.15) is 5.10 Å². The predicted molar refractivity (Wildman–Crippen MR) is 108 cm³/mol. The minimum Gasteiger partial charge on any atom is -0.325 e. The van der Waals surface area contributed by atoms with Gasteiger partial charge in [0.15, 0.2) is 5.84 Å². The van der Waals surface area contributed by atoms with Crippen LogP contribution in [-0.4, -0.2) is 18.2 Å². The molecule has 0 bridgehead atoms. The van der Waals surface area contributed by atoms with E-state index in [2.05, 4.69) is 38.1 Å². The number of hydrazone groups is 1. The van der Waals surface area contributed by atoms with Crippen LogP contribution in [0.3, 0.4) is 0 Å². The molecule has 4 rings (SSSR count). The SMILES string of the molecule is N/N=C1\Cc2cc(Cl)ccc2C(N(CC2CC2)c2cccc(Br)c2)=N1. The number of nitrogens with zero attached hydrogens (tertiary/aromatic N) is 3. The largest absolute Gasteiger partial charge is 0.325 e. The van der Waals surface area contributed by atoms with Gasteiger partial charge in [0.05, 0.1) is 0 Å². The van der Waals surface area contributed by atoms with Crippen LogP contribution in [0, 0.1) is 5.92 Å². The van der Waals surface area contributed by atoms with Crippen molar-refractivity contribution in [1.29, 1.82) is 0 Å². The lowest BCUT2D eigenvalue weighted by atomic mass is 9.99. The summed E-state index contributed by atoms with van der Waals surface area (Å²) in [6.07, 6.45) is 3.14. The molecule has 0 aromatic heterocycles. The van der Waals surface area contributed by atoms with Gasteiger partial charge in [-0.25, -0.2) is 4.99 Å². The van der Waals surface area contributed by atoms with Gasteiger partial charge in [-0.15, -0.1) is 0 Å². The highest BCUT2D eigenvalue weighted by atomic mass is 79.9. The molecule has 0 unspecified atom stereocenters. The van der Waals surface area contributed by atoms with Gasteiger partial charge in [0.1, 0.15) is 5.84 Å². The molecule has 2 aromatic rings. The second-order valence-electron chi connectivity index (χ2n) is 6.49. The summed E-state index contributed by atoms with van der Waals surface area (Å²) in [5, 5.41) is 4.58. The van der Waals surface area contributed by atoms with E-state index in [1.807, 2.05) is 30.3 Å². The van der Waals surface area contributed by atoms with Crippen molar-refractivity contribution in [2.75, 3.05) is 11.4 Å². The Hall–Kier alpha value is -1.85. The number of nitrogens with two attached hydrogens (primary N) is 1. The van der Waals surface area contributed by atoms with E-state index in [9.17, 15) is 0 Å². The Kier molecular flexibility index (Phi) is 4.52. The zero-order valence-electron chi connectivity index (χ0n) is 13.6. The Labute approximate surface area is 160 Å². The van der Waals surface area contributed by atoms with E-state index in [1.165, 1.54) is 12.8 Å². The predicted octanol–water partition coefficient (Wildman–Crippen LogP) is 4.59. The van der Waals surface area contributed by atoms with Crippen LogP contribution >= 0.6 is 27.5 Å². The molecule has 1 aliphatic heterocycles. The second-order valence-corrected chi connectivity index (χ2v) is 7.84. The van der Waals surface area contributed by atoms with Crippen LogP contribution in [0.4, 0.5) is 5.69 Å². The van der Waals surface area contributed by atoms with Crippen molar-refractivity contribution in [3.8, 4) is 0 Å². The molecule has 1 aliphatic carbocycles. The van der Waals surface area contributed by atoms with Crippen molar-refractivity contribution in [2.24, 2.45) is 21.9 Å². The van der Waals surface area contributed by atoms with Crippen LogP contribution in [0.1, 0.15) is 24.0 Å². The number of aliphatic imine (C=N–C) groups is 1. The monoisotopic (exact) mass is 416 g/mol. The first-order chi connectivity index (χ1) is 12.1. The average molecular weight is 418 g/mol. The topological polar surface area (TPSA) is 54.0 Å². The molecule has 0 radical (unpaired) electrons. The maximum absolute atomic E-state index is 6.20. The molecule has 1 heterocycles. The van der Waals surface area contributed by atoms with Gasteiger partial charge >= 0.3 is 0 Å². The third-order valence-corrected chi connectivity index (χ3v) is 5.28. The number of halogens is 2. The Morgan fingerprint density at radius 1 is 1.24 bits per heavy atom. The smallest absolute Gasteiger partial charge is 0.154 e. The molecule has 6 heteroatoms. The van der Waals surface area contributed by atoms with E-state index in [4.69, 9.17) is 22.4 Å². The summed E-state index contributed by atoms with van der Waals surface area (Å²) >= 11 is 9.77. The standard InChI is InChI=1S/C19H18BrClN4/c20-14-2-1-3-16(10-14)25(11-12-4-5-12)19-17-7-6-15(21)8-13(17)9-18(23-19)24-22/h1-3,6-8,10,12H,4-5,9,11,22H2/b24-18+. The maximum atomic E-state index is 6.20. The molecule has 2 N–H and O–H groups in total. The Morgan fingerprint density at radius 2 is 2.08 bits per heavy atom. The summed E-state index contributed by atoms with van der Waals surface area (Å²) in [5.41, 5.74) is 3.31. The van der Waals surface area contributed by atoms with E-state index in [-0.39, 0.29) is 0 Å². The normalized spacial score (nSPS) is 18.0. The van der Waals surface area contributed by atoms with E-state index in [1.54, 1.807) is 0 Å². The second kappa shape index (κ2) is 6.81. The molecule has 1 fully saturated rings. The summed E-state index contributed by atoms with van der Waals surface area (Å²) in [5.74, 6) is 7.79. The van der Waals surface area contributed by atoms with Gasteiger partial charge in [-0.1, -0.05) is 33.6 Å². The first kappa shape index (κ1) is 16.6. The molecule has 128 valence electrons. The highest BCUT2D eigenvalue weighted by Gasteiger charge is 2.30. The van der Waals surface area contributed by atoms with Gasteiger partial charge in [-0.05, 0) is 60.7 Å². The van der Waals surface area contributed by atoms with Gasteiger partial charge in [-0.3, -0.25) is 0 Å². The van der Waals surface area contributed by atoms with E-state index in [0.29, 0.717) is 23.2 Å². The molecule has 4 nitrogen and oxygen atoms in total. The first-order valence-electron chi connectivity index (χ1n) is 8.31. The number of hydrogen-bond donors (Lipinski definition) is 1. The first-order valence-corrected chi connectivity index (χ1v) is 9.48. The van der Waals surface area contributed by atoms with E-state index >= 15 is 0 Å². The minimum atomic E-state index is 0.603. The number of amidine groups is 2. The molecule has 2 aliphatic rings. The molecular weight excluding hydrogens is 400 g/mol. The molecular formula is C19H18BrClN4. The van der Waals surface area contributed by atoms with Crippen LogP contribution in [0.15, 0.2) is 57.0 Å². The fourth-order valence-corrected chi connectivity index (χ4v) is 3.70. The van der Waals surface area contributed by atoms with Crippen LogP contribution in [0.2, 0.25) is 5.02 Å². The molecule has 0 amide bonds. The Morgan fingerprint density at radius 3 is 2.80 bits per heavy atom. The number of fused-ring (bicyclic) bond motifs is 1. The Bertz CT molecular complexity index is 873. The third kappa shape index (κ3) is 3.58. The summed E-state index contributed by atoms with van der Waals surface area (Å²) in [7, 11) is 0. The Balaban J connectivity index is 1.83. The fourth-order valence-electron chi connectivity index (χ4n) is 3.12. The lowest BCUT2D eigenvalue weighted by Crippen LogP contribution is -2.37. The van der Waals surface area contributed by atoms with Crippen molar-refractivity contribution < 1.29 is 0 Å². The van der Waals surface area contributed by atoms with Crippen LogP contribution < -0.4 is 10.7 Å². The van der Waals surface area contributed by atoms with Gasteiger partial charge in [0.25, 0.3) is 0 Å². The van der Waals surface area contributed by atoms with Crippen molar-refractivity contribution in [3.63, 3.8) is 0 Å². The third-order valence-electron chi connectivity index (χ3n) is 4.55. The van der Waals surface area contributed by atoms with E-state index < -0.39 is 0 Å². The van der Waals surface area contributed by atoms with Gasteiger partial charge < -0.3 is 10.7 Å². The van der Waals surface area contributed by atoms with Gasteiger partial charge in [0.2, 0.25) is 0 Å². The lowest BCUT2D eigenvalue weighted by Gasteiger charge is -2.30. The van der Waals surface area contributed by atoms with Crippen LogP contribution in [0.5, 0.6) is 0 Å². The van der Waals surface area contributed by atoms with E-state index in [0.717, 1.165) is 33.7 Å². The highest BCUT2D eigenvalue weighted by Crippen LogP contribution is 2.34. The number of anilines is 1. The fraction of sp³-hybridized carbons (Fsp3) is 0.263. The van der Waals surface area contributed by atoms with Crippen molar-refractivity contribution in [3.05, 3.63) is 63.1 Å². The number of hydrogen-bond acceptors (Lipinski definition) is 3. The average Bonchev–Trinajstić information content (AvgIpc) is 3.42. The van der Waals surface area contributed by atoms with Crippen LogP contribution in [-0.2, 0) is 6.42 Å². The number of rotatable bonds is 3. The zero-order chi connectivity index (χ0) is 17.4. The molecule has 25 heavy (non-hydrogen) atoms. The van der Waals surface area contributed by atoms with Crippen molar-refractivity contribution in [1.82, 2.24) is 0 Å². The summed E-state index contributed by atoms with van der Waals surface area (Å²) in [4.78, 5) is 7.04. The molecule has 0 spiro atoms. The van der Waals surface area contributed by atoms with Crippen molar-refractivity contribution >= 4 is 44.9 Å². The number of benzene rings is 2. The molecule has 0 saturated heterocycles.